The largest absolute Gasteiger partial charge is 0.497 e. The van der Waals surface area contributed by atoms with E-state index in [1.807, 2.05) is 6.07 Å². The summed E-state index contributed by atoms with van der Waals surface area (Å²) >= 11 is 3.44. The predicted octanol–water partition coefficient (Wildman–Crippen LogP) is 4.35. The molecule has 0 aliphatic heterocycles. The Morgan fingerprint density at radius 1 is 1.10 bits per heavy atom. The smallest absolute Gasteiger partial charge is 0.164 e. The molecule has 0 aliphatic rings. The van der Waals surface area contributed by atoms with Crippen LogP contribution >= 0.6 is 15.9 Å². The van der Waals surface area contributed by atoms with Crippen molar-refractivity contribution < 1.29 is 13.5 Å². The van der Waals surface area contributed by atoms with Gasteiger partial charge in [0.1, 0.15) is 5.75 Å². The fourth-order valence-corrected chi connectivity index (χ4v) is 2.71. The van der Waals surface area contributed by atoms with Crippen LogP contribution in [0.5, 0.6) is 5.75 Å². The van der Waals surface area contributed by atoms with Gasteiger partial charge in [-0.2, -0.15) is 0 Å². The molecule has 0 amide bonds. The van der Waals surface area contributed by atoms with Crippen LogP contribution in [0.25, 0.3) is 0 Å². The van der Waals surface area contributed by atoms with Crippen LogP contribution in [-0.4, -0.2) is 14.2 Å². The molecule has 0 fully saturated rings. The molecule has 2 rings (SSSR count). The minimum atomic E-state index is -0.830. The number of halogens is 3. The Labute approximate surface area is 131 Å². The number of rotatable bonds is 4. The molecule has 2 aromatic carbocycles. The fraction of sp³-hybridized carbons (Fsp3) is 0.250. The Bertz CT molecular complexity index is 661. The summed E-state index contributed by atoms with van der Waals surface area (Å²) in [6.45, 7) is 1.54. The van der Waals surface area contributed by atoms with Gasteiger partial charge < -0.3 is 10.1 Å². The predicted molar refractivity (Wildman–Crippen MR) is 82.7 cm³/mol. The molecule has 0 saturated carbocycles. The highest BCUT2D eigenvalue weighted by atomic mass is 79.9. The van der Waals surface area contributed by atoms with Gasteiger partial charge in [-0.15, -0.1) is 0 Å². The monoisotopic (exact) mass is 355 g/mol. The summed E-state index contributed by atoms with van der Waals surface area (Å²) in [6, 6.07) is 8.10. The Kier molecular flexibility index (Phi) is 4.96. The molecule has 0 saturated heterocycles. The molecule has 0 heterocycles. The normalized spacial score (nSPS) is 12.3. The minimum Gasteiger partial charge on any atom is -0.497 e. The lowest BCUT2D eigenvalue weighted by atomic mass is 9.97. The lowest BCUT2D eigenvalue weighted by Gasteiger charge is -2.20. The topological polar surface area (TPSA) is 21.3 Å². The van der Waals surface area contributed by atoms with Gasteiger partial charge in [-0.1, -0.05) is 28.1 Å². The molecular formula is C16H16BrF2NO. The zero-order valence-electron chi connectivity index (χ0n) is 12.0. The van der Waals surface area contributed by atoms with E-state index in [9.17, 15) is 8.78 Å². The number of benzene rings is 2. The van der Waals surface area contributed by atoms with Crippen LogP contribution in [0.2, 0.25) is 0 Å². The second kappa shape index (κ2) is 6.54. The first kappa shape index (κ1) is 15.9. The molecule has 21 heavy (non-hydrogen) atoms. The highest BCUT2D eigenvalue weighted by Crippen LogP contribution is 2.33. The molecule has 2 nitrogen and oxygen atoms in total. The van der Waals surface area contributed by atoms with E-state index < -0.39 is 17.7 Å². The summed E-state index contributed by atoms with van der Waals surface area (Å²) in [5, 5.41) is 3.02. The summed E-state index contributed by atoms with van der Waals surface area (Å²) in [4.78, 5) is 0. The molecule has 112 valence electrons. The maximum atomic E-state index is 14.2. The number of hydrogen-bond acceptors (Lipinski definition) is 2. The molecule has 1 atom stereocenters. The van der Waals surface area contributed by atoms with Crippen LogP contribution in [0.15, 0.2) is 34.8 Å². The van der Waals surface area contributed by atoms with Crippen molar-refractivity contribution in [3.8, 4) is 5.75 Å². The Balaban J connectivity index is 2.57. The van der Waals surface area contributed by atoms with E-state index in [1.165, 1.54) is 6.92 Å². The summed E-state index contributed by atoms with van der Waals surface area (Å²) < 4.78 is 34.0. The van der Waals surface area contributed by atoms with Gasteiger partial charge in [-0.25, -0.2) is 8.78 Å². The second-order valence-electron chi connectivity index (χ2n) is 4.71. The maximum Gasteiger partial charge on any atom is 0.164 e. The molecule has 0 aliphatic carbocycles. The number of methoxy groups -OCH3 is 1. The third-order valence-corrected chi connectivity index (χ3v) is 4.14. The van der Waals surface area contributed by atoms with Crippen LogP contribution in [-0.2, 0) is 0 Å². The number of nitrogens with one attached hydrogen (secondary N) is 1. The molecule has 0 radical (unpaired) electrons. The zero-order valence-corrected chi connectivity index (χ0v) is 13.6. The number of aryl methyl sites for hydroxylation is 1. The molecular weight excluding hydrogens is 340 g/mol. The number of hydrogen-bond donors (Lipinski definition) is 1. The Morgan fingerprint density at radius 2 is 1.81 bits per heavy atom. The quantitative estimate of drug-likeness (QED) is 0.879. The first-order chi connectivity index (χ1) is 9.99. The second-order valence-corrected chi connectivity index (χ2v) is 5.56. The Hall–Kier alpha value is -1.46. The van der Waals surface area contributed by atoms with Crippen molar-refractivity contribution in [2.75, 3.05) is 14.2 Å². The highest BCUT2D eigenvalue weighted by Gasteiger charge is 2.22. The first-order valence-corrected chi connectivity index (χ1v) is 7.24. The molecule has 5 heteroatoms. The summed E-state index contributed by atoms with van der Waals surface area (Å²) in [7, 11) is 3.27. The van der Waals surface area contributed by atoms with Gasteiger partial charge in [0.2, 0.25) is 0 Å². The molecule has 1 unspecified atom stereocenters. The van der Waals surface area contributed by atoms with Crippen molar-refractivity contribution in [1.82, 2.24) is 5.32 Å². The van der Waals surface area contributed by atoms with Gasteiger partial charge >= 0.3 is 0 Å². The third-order valence-electron chi connectivity index (χ3n) is 3.42. The van der Waals surface area contributed by atoms with E-state index in [2.05, 4.69) is 21.2 Å². The van der Waals surface area contributed by atoms with E-state index >= 15 is 0 Å². The lowest BCUT2D eigenvalue weighted by molar-refractivity contribution is 0.413. The van der Waals surface area contributed by atoms with Gasteiger partial charge in [0.15, 0.2) is 11.6 Å². The van der Waals surface area contributed by atoms with E-state index in [0.29, 0.717) is 5.75 Å². The van der Waals surface area contributed by atoms with Crippen LogP contribution < -0.4 is 10.1 Å². The third kappa shape index (κ3) is 3.09. The van der Waals surface area contributed by atoms with E-state index in [-0.39, 0.29) is 11.1 Å². The van der Waals surface area contributed by atoms with E-state index in [0.717, 1.165) is 10.0 Å². The van der Waals surface area contributed by atoms with Gasteiger partial charge in [-0.3, -0.25) is 0 Å². The maximum absolute atomic E-state index is 14.2. The summed E-state index contributed by atoms with van der Waals surface area (Å²) in [6.07, 6.45) is 0. The Morgan fingerprint density at radius 3 is 2.43 bits per heavy atom. The fourth-order valence-electron chi connectivity index (χ4n) is 2.23. The van der Waals surface area contributed by atoms with Crippen molar-refractivity contribution in [2.45, 2.75) is 13.0 Å². The van der Waals surface area contributed by atoms with Crippen LogP contribution in [0.1, 0.15) is 22.7 Å². The highest BCUT2D eigenvalue weighted by molar-refractivity contribution is 9.10. The van der Waals surface area contributed by atoms with Crippen LogP contribution in [0.3, 0.4) is 0 Å². The van der Waals surface area contributed by atoms with Gasteiger partial charge in [-0.05, 0) is 43.3 Å². The summed E-state index contributed by atoms with van der Waals surface area (Å²) in [5.74, 6) is -0.989. The molecule has 0 bridgehead atoms. The van der Waals surface area contributed by atoms with Crippen molar-refractivity contribution in [3.63, 3.8) is 0 Å². The lowest BCUT2D eigenvalue weighted by Crippen LogP contribution is -2.20. The van der Waals surface area contributed by atoms with E-state index in [1.54, 1.807) is 38.4 Å². The number of ether oxygens (including phenoxy) is 1. The van der Waals surface area contributed by atoms with Gasteiger partial charge in [0.05, 0.1) is 13.2 Å². The molecule has 0 spiro atoms. The van der Waals surface area contributed by atoms with Crippen molar-refractivity contribution >= 4 is 15.9 Å². The minimum absolute atomic E-state index is 0.259. The van der Waals surface area contributed by atoms with Gasteiger partial charge in [0.25, 0.3) is 0 Å². The standard InChI is InChI=1S/C16H16BrF2NO/c1-9-4-6-11(15(19)14(9)18)16(20-2)12-8-10(21-3)5-7-13(12)17/h4-8,16,20H,1-3H3. The van der Waals surface area contributed by atoms with Crippen LogP contribution in [0, 0.1) is 18.6 Å². The molecule has 1 N–H and O–H groups in total. The van der Waals surface area contributed by atoms with Gasteiger partial charge in [0, 0.05) is 10.0 Å². The van der Waals surface area contributed by atoms with Crippen molar-refractivity contribution in [3.05, 3.63) is 63.1 Å². The molecule has 0 aromatic heterocycles. The SMILES string of the molecule is CNC(c1cc(OC)ccc1Br)c1ccc(C)c(F)c1F. The van der Waals surface area contributed by atoms with Crippen molar-refractivity contribution in [1.29, 1.82) is 0 Å². The first-order valence-electron chi connectivity index (χ1n) is 6.44. The summed E-state index contributed by atoms with van der Waals surface area (Å²) in [5.41, 5.74) is 1.32. The molecule has 2 aromatic rings. The van der Waals surface area contributed by atoms with E-state index in [4.69, 9.17) is 4.74 Å². The van der Waals surface area contributed by atoms with Crippen molar-refractivity contribution in [2.24, 2.45) is 0 Å². The zero-order chi connectivity index (χ0) is 15.6. The average Bonchev–Trinajstić information content (AvgIpc) is 2.49. The average molecular weight is 356 g/mol. The van der Waals surface area contributed by atoms with Crippen LogP contribution in [0.4, 0.5) is 8.78 Å².